The van der Waals surface area contributed by atoms with E-state index in [9.17, 15) is 13.2 Å². The third-order valence-corrected chi connectivity index (χ3v) is 3.21. The number of amides is 1. The van der Waals surface area contributed by atoms with Gasteiger partial charge in [-0.2, -0.15) is 0 Å². The number of carbonyl (C=O) groups is 1. The van der Waals surface area contributed by atoms with Gasteiger partial charge in [0.1, 0.15) is 0 Å². The largest absolute Gasteiger partial charge is 0.325 e. The van der Waals surface area contributed by atoms with Crippen LogP contribution in [0.5, 0.6) is 0 Å². The fraction of sp³-hybridized carbons (Fsp3) is 0.125. The van der Waals surface area contributed by atoms with Crippen molar-refractivity contribution in [1.82, 2.24) is 0 Å². The quantitative estimate of drug-likeness (QED) is 0.627. The number of rotatable bonds is 3. The number of primary sulfonamides is 1. The smallest absolute Gasteiger partial charge is 0.238 e. The van der Waals surface area contributed by atoms with Crippen LogP contribution in [0.1, 0.15) is 0 Å². The average molecular weight is 340 g/mol. The number of nitrogens with one attached hydrogen (secondary N) is 1. The Hall–Kier alpha value is -0.670. The van der Waals surface area contributed by atoms with Crippen molar-refractivity contribution < 1.29 is 13.2 Å². The molecule has 0 spiro atoms. The van der Waals surface area contributed by atoms with Crippen molar-refractivity contribution in [3.8, 4) is 0 Å². The van der Waals surface area contributed by atoms with E-state index in [0.717, 1.165) is 0 Å². The van der Waals surface area contributed by atoms with Gasteiger partial charge in [0.05, 0.1) is 9.32 Å². The number of hydrogen-bond acceptors (Lipinski definition) is 3. The van der Waals surface area contributed by atoms with Gasteiger partial charge in [0.2, 0.25) is 15.9 Å². The molecule has 0 unspecified atom stereocenters. The molecule has 1 amide bonds. The fourth-order valence-corrected chi connectivity index (χ4v) is 1.63. The zero-order chi connectivity index (χ0) is 11.5. The van der Waals surface area contributed by atoms with Crippen LogP contribution in [0.25, 0.3) is 0 Å². The molecular formula is C8H9IN2O3S. The molecule has 0 aromatic heterocycles. The Balaban J connectivity index is 2.86. The van der Waals surface area contributed by atoms with E-state index < -0.39 is 10.0 Å². The maximum Gasteiger partial charge on any atom is 0.238 e. The summed E-state index contributed by atoms with van der Waals surface area (Å²) in [6.07, 6.45) is 0. The second kappa shape index (κ2) is 4.90. The first-order valence-electron chi connectivity index (χ1n) is 3.92. The lowest BCUT2D eigenvalue weighted by molar-refractivity contribution is -0.113. The predicted octanol–water partition coefficient (Wildman–Crippen LogP) is 0.708. The highest BCUT2D eigenvalue weighted by Gasteiger charge is 2.07. The van der Waals surface area contributed by atoms with Gasteiger partial charge in [0, 0.05) is 5.69 Å². The van der Waals surface area contributed by atoms with Crippen LogP contribution in [0.3, 0.4) is 0 Å². The molecule has 1 rings (SSSR count). The van der Waals surface area contributed by atoms with E-state index in [0.29, 0.717) is 10.1 Å². The molecule has 0 atom stereocenters. The van der Waals surface area contributed by atoms with Crippen molar-refractivity contribution in [3.63, 3.8) is 0 Å². The van der Waals surface area contributed by atoms with E-state index in [1.165, 1.54) is 24.3 Å². The molecule has 0 saturated heterocycles. The van der Waals surface area contributed by atoms with E-state index in [2.05, 4.69) is 5.32 Å². The van der Waals surface area contributed by atoms with Gasteiger partial charge in [-0.25, -0.2) is 13.6 Å². The molecule has 82 valence electrons. The molecule has 0 aliphatic carbocycles. The second-order valence-corrected chi connectivity index (χ2v) is 5.08. The van der Waals surface area contributed by atoms with Gasteiger partial charge in [-0.15, -0.1) is 0 Å². The number of alkyl halides is 1. The molecular weight excluding hydrogens is 331 g/mol. The first-order valence-corrected chi connectivity index (χ1v) is 6.99. The summed E-state index contributed by atoms with van der Waals surface area (Å²) in [5, 5.41) is 7.51. The van der Waals surface area contributed by atoms with E-state index in [1.54, 1.807) is 0 Å². The molecule has 0 bridgehead atoms. The van der Waals surface area contributed by atoms with Gasteiger partial charge in [-0.3, -0.25) is 4.79 Å². The zero-order valence-electron chi connectivity index (χ0n) is 7.60. The van der Waals surface area contributed by atoms with Crippen LogP contribution in [-0.4, -0.2) is 18.8 Å². The third kappa shape index (κ3) is 3.76. The zero-order valence-corrected chi connectivity index (χ0v) is 10.6. The number of benzene rings is 1. The monoisotopic (exact) mass is 340 g/mol. The molecule has 1 aromatic carbocycles. The summed E-state index contributed by atoms with van der Waals surface area (Å²) in [6, 6.07) is 5.67. The SMILES string of the molecule is NS(=O)(=O)c1ccc(NC(=O)CI)cc1. The Labute approximate surface area is 101 Å². The Bertz CT molecular complexity index is 455. The first kappa shape index (κ1) is 12.4. The highest BCUT2D eigenvalue weighted by molar-refractivity contribution is 14.1. The predicted molar refractivity (Wildman–Crippen MR) is 65.3 cm³/mol. The minimum atomic E-state index is -3.67. The van der Waals surface area contributed by atoms with Crippen LogP contribution in [0.2, 0.25) is 0 Å². The Morgan fingerprint density at radius 2 is 1.87 bits per heavy atom. The van der Waals surface area contributed by atoms with E-state index >= 15 is 0 Å². The van der Waals surface area contributed by atoms with Gasteiger partial charge in [0.25, 0.3) is 0 Å². The summed E-state index contributed by atoms with van der Waals surface area (Å²) in [6.45, 7) is 0. The summed E-state index contributed by atoms with van der Waals surface area (Å²) in [5.74, 6) is -0.140. The van der Waals surface area contributed by atoms with Crippen molar-refractivity contribution in [2.75, 3.05) is 9.74 Å². The minimum Gasteiger partial charge on any atom is -0.325 e. The van der Waals surface area contributed by atoms with Crippen molar-refractivity contribution in [1.29, 1.82) is 0 Å². The molecule has 7 heteroatoms. The van der Waals surface area contributed by atoms with Gasteiger partial charge < -0.3 is 5.32 Å². The summed E-state index contributed by atoms with van der Waals surface area (Å²) in [7, 11) is -3.67. The van der Waals surface area contributed by atoms with E-state index in [4.69, 9.17) is 5.14 Å². The van der Waals surface area contributed by atoms with Gasteiger partial charge in [-0.1, -0.05) is 22.6 Å². The van der Waals surface area contributed by atoms with Crippen LogP contribution < -0.4 is 10.5 Å². The van der Waals surface area contributed by atoms with Crippen LogP contribution in [0.4, 0.5) is 5.69 Å². The van der Waals surface area contributed by atoms with Crippen LogP contribution >= 0.6 is 22.6 Å². The maximum atomic E-state index is 11.0. The number of halogens is 1. The second-order valence-electron chi connectivity index (χ2n) is 2.75. The third-order valence-electron chi connectivity index (χ3n) is 1.59. The summed E-state index contributed by atoms with van der Waals surface area (Å²) in [4.78, 5) is 11.0. The topological polar surface area (TPSA) is 89.3 Å². The molecule has 1 aromatic rings. The Morgan fingerprint density at radius 3 is 2.27 bits per heavy atom. The van der Waals surface area contributed by atoms with Crippen molar-refractivity contribution in [2.45, 2.75) is 4.90 Å². The first-order chi connectivity index (χ1) is 6.93. The fourth-order valence-electron chi connectivity index (χ4n) is 0.922. The molecule has 15 heavy (non-hydrogen) atoms. The lowest BCUT2D eigenvalue weighted by Crippen LogP contribution is -2.14. The molecule has 0 heterocycles. The standard InChI is InChI=1S/C8H9IN2O3S/c9-5-8(12)11-6-1-3-7(4-2-6)15(10,13)14/h1-4H,5H2,(H,11,12)(H2,10,13,14). The summed E-state index contributed by atoms with van der Waals surface area (Å²) >= 11 is 1.93. The number of anilines is 1. The highest BCUT2D eigenvalue weighted by atomic mass is 127. The molecule has 0 fully saturated rings. The van der Waals surface area contributed by atoms with Gasteiger partial charge in [-0.05, 0) is 24.3 Å². The van der Waals surface area contributed by atoms with Crippen molar-refractivity contribution >= 4 is 44.2 Å². The highest BCUT2D eigenvalue weighted by Crippen LogP contribution is 2.12. The lowest BCUT2D eigenvalue weighted by atomic mass is 10.3. The maximum absolute atomic E-state index is 11.0. The van der Waals surface area contributed by atoms with Crippen LogP contribution in [0, 0.1) is 0 Å². The molecule has 3 N–H and O–H groups in total. The molecule has 0 radical (unpaired) electrons. The van der Waals surface area contributed by atoms with Crippen LogP contribution in [0.15, 0.2) is 29.2 Å². The Morgan fingerprint density at radius 1 is 1.33 bits per heavy atom. The molecule has 0 aliphatic rings. The molecule has 5 nitrogen and oxygen atoms in total. The number of nitrogens with two attached hydrogens (primary N) is 1. The van der Waals surface area contributed by atoms with E-state index in [-0.39, 0.29) is 10.8 Å². The summed E-state index contributed by atoms with van der Waals surface area (Å²) in [5.41, 5.74) is 0.545. The van der Waals surface area contributed by atoms with Crippen LogP contribution in [-0.2, 0) is 14.8 Å². The number of sulfonamides is 1. The Kier molecular flexibility index (Phi) is 4.05. The van der Waals surface area contributed by atoms with Gasteiger partial charge >= 0.3 is 0 Å². The van der Waals surface area contributed by atoms with Crippen molar-refractivity contribution in [2.24, 2.45) is 5.14 Å². The normalized spacial score (nSPS) is 11.1. The lowest BCUT2D eigenvalue weighted by Gasteiger charge is -2.03. The molecule has 0 aliphatic heterocycles. The van der Waals surface area contributed by atoms with Gasteiger partial charge in [0.15, 0.2) is 0 Å². The average Bonchev–Trinajstić information content (AvgIpc) is 2.17. The van der Waals surface area contributed by atoms with E-state index in [1.807, 2.05) is 22.6 Å². The number of carbonyl (C=O) groups excluding carboxylic acids is 1. The summed E-state index contributed by atoms with van der Waals surface area (Å²) < 4.78 is 22.2. The minimum absolute atomic E-state index is 0.0231. The van der Waals surface area contributed by atoms with Crippen molar-refractivity contribution in [3.05, 3.63) is 24.3 Å². The molecule has 0 saturated carbocycles. The number of hydrogen-bond donors (Lipinski definition) is 2.